The fraction of sp³-hybridized carbons (Fsp3) is 0.417. The molecule has 0 aliphatic carbocycles. The van der Waals surface area contributed by atoms with Gasteiger partial charge in [0.15, 0.2) is 11.6 Å². The van der Waals surface area contributed by atoms with Crippen LogP contribution in [0.3, 0.4) is 0 Å². The molecule has 0 bridgehead atoms. The molecule has 1 aliphatic heterocycles. The smallest absolute Gasteiger partial charge is 0.293 e. The third-order valence-corrected chi connectivity index (χ3v) is 7.10. The van der Waals surface area contributed by atoms with E-state index in [-0.39, 0.29) is 10.8 Å². The highest BCUT2D eigenvalue weighted by molar-refractivity contribution is 6.50. The van der Waals surface area contributed by atoms with Crippen molar-refractivity contribution in [3.8, 4) is 5.75 Å². The Hall–Kier alpha value is -3.21. The molecule has 3 atom stereocenters. The molecule has 14 heteroatoms. The van der Waals surface area contributed by atoms with Gasteiger partial charge in [-0.05, 0) is 36.1 Å². The van der Waals surface area contributed by atoms with Crippen LogP contribution in [0.2, 0.25) is 5.02 Å². The van der Waals surface area contributed by atoms with Crippen molar-refractivity contribution in [2.75, 3.05) is 30.4 Å². The van der Waals surface area contributed by atoms with Gasteiger partial charge in [0.2, 0.25) is 11.9 Å². The lowest BCUT2D eigenvalue weighted by atomic mass is 9.64. The summed E-state index contributed by atoms with van der Waals surface area (Å²) in [7, 11) is 20.3. The second-order valence-electron chi connectivity index (χ2n) is 9.65. The molecule has 6 radical (unpaired) electrons. The first-order chi connectivity index (χ1) is 17.7. The highest BCUT2D eigenvalue weighted by atomic mass is 35.5. The van der Waals surface area contributed by atoms with Crippen LogP contribution in [0.5, 0.6) is 5.75 Å². The molecule has 1 amide bonds. The number of aromatic nitrogens is 3. The van der Waals surface area contributed by atoms with Gasteiger partial charge in [0.25, 0.3) is 5.56 Å². The van der Waals surface area contributed by atoms with E-state index in [4.69, 9.17) is 39.9 Å². The lowest BCUT2D eigenvalue weighted by Crippen LogP contribution is -2.54. The number of nitrogens with one attached hydrogen (secondary N) is 2. The standard InChI is InChI=1S/C24H25B3ClFN6O3/c1-12-10-35(11-13(2)23(12,25)29)22-31-9-16(28)19(33-22)32-15-5-6-17-14(7-15)8-18(20(36)34(17)4)38-24(26,27)21(37)30-3/h5-9,12-13H,10-11H2,1-4H3,(H,30,37)(H,31,32,33)/t12-,13+,23?. The van der Waals surface area contributed by atoms with Crippen LogP contribution in [0, 0.1) is 11.8 Å². The Morgan fingerprint density at radius 2 is 1.92 bits per heavy atom. The molecule has 2 N–H and O–H groups in total. The lowest BCUT2D eigenvalue weighted by Gasteiger charge is -2.44. The van der Waals surface area contributed by atoms with Gasteiger partial charge in [0.1, 0.15) is 34.0 Å². The van der Waals surface area contributed by atoms with Crippen LogP contribution in [0.15, 0.2) is 35.3 Å². The average molecular weight is 532 g/mol. The van der Waals surface area contributed by atoms with Gasteiger partial charge < -0.3 is 24.8 Å². The minimum Gasteiger partial charge on any atom is -0.492 e. The summed E-state index contributed by atoms with van der Waals surface area (Å²) in [4.78, 5) is 35.5. The first kappa shape index (κ1) is 27.8. The Balaban J connectivity index is 1.65. The number of hydrogen-bond acceptors (Lipinski definition) is 7. The second kappa shape index (κ2) is 10.2. The molecule has 0 spiro atoms. The van der Waals surface area contributed by atoms with E-state index < -0.39 is 34.3 Å². The molecule has 38 heavy (non-hydrogen) atoms. The zero-order chi connectivity index (χ0) is 28.0. The van der Waals surface area contributed by atoms with E-state index in [1.807, 2.05) is 4.90 Å². The average Bonchev–Trinajstić information content (AvgIpc) is 2.86. The van der Waals surface area contributed by atoms with E-state index in [0.717, 1.165) is 0 Å². The van der Waals surface area contributed by atoms with Crippen LogP contribution in [-0.4, -0.2) is 75.1 Å². The number of hydrogen-bond donors (Lipinski definition) is 2. The number of aryl methyl sites for hydroxylation is 1. The number of piperidine rings is 1. The molecule has 1 fully saturated rings. The Kier molecular flexibility index (Phi) is 7.44. The van der Waals surface area contributed by atoms with E-state index in [1.165, 1.54) is 23.9 Å². The number of fused-ring (bicyclic) bond motifs is 1. The normalized spacial score (nSPS) is 21.8. The van der Waals surface area contributed by atoms with Crippen LogP contribution < -0.4 is 25.8 Å². The number of benzene rings is 1. The summed E-state index contributed by atoms with van der Waals surface area (Å²) in [6.07, 6.45) is 1.47. The van der Waals surface area contributed by atoms with Gasteiger partial charge in [-0.25, -0.2) is 4.98 Å². The van der Waals surface area contributed by atoms with Crippen LogP contribution in [0.25, 0.3) is 10.9 Å². The molecule has 3 heterocycles. The van der Waals surface area contributed by atoms with E-state index in [2.05, 4.69) is 20.6 Å². The monoisotopic (exact) mass is 532 g/mol. The number of carbonyl (C=O) groups excluding carboxylic acids is 1. The molecule has 1 unspecified atom stereocenters. The minimum atomic E-state index is -2.25. The summed E-state index contributed by atoms with van der Waals surface area (Å²) in [5.41, 5.74) is -1.11. The van der Waals surface area contributed by atoms with Crippen molar-refractivity contribution >= 4 is 69.4 Å². The molecular formula is C24H25B3ClFN6O3. The second-order valence-corrected chi connectivity index (χ2v) is 10.1. The van der Waals surface area contributed by atoms with Crippen LogP contribution in [0.4, 0.5) is 21.8 Å². The van der Waals surface area contributed by atoms with Crippen molar-refractivity contribution in [1.82, 2.24) is 19.9 Å². The van der Waals surface area contributed by atoms with E-state index in [9.17, 15) is 14.0 Å². The Labute approximate surface area is 228 Å². The number of amides is 1. The topological polar surface area (TPSA) is 101 Å². The summed E-state index contributed by atoms with van der Waals surface area (Å²) in [5.74, 6) is -1.12. The van der Waals surface area contributed by atoms with Crippen molar-refractivity contribution in [3.63, 3.8) is 0 Å². The Bertz CT molecular complexity index is 1440. The van der Waals surface area contributed by atoms with Crippen LogP contribution in [0.1, 0.15) is 13.8 Å². The van der Waals surface area contributed by atoms with Crippen LogP contribution >= 0.6 is 11.6 Å². The SMILES string of the molecule is [B]C([B])(Oc1cc2cc(Nc3nc(N4C[C@@H](C)C([B])(F)[C@@H](C)C4)ncc3Cl)ccc2n(C)c1=O)C(=O)NC. The van der Waals surface area contributed by atoms with Crippen molar-refractivity contribution in [1.29, 1.82) is 0 Å². The number of halogens is 2. The predicted octanol–water partition coefficient (Wildman–Crippen LogP) is 1.77. The van der Waals surface area contributed by atoms with E-state index in [1.54, 1.807) is 39.1 Å². The molecule has 4 rings (SSSR count). The van der Waals surface area contributed by atoms with Gasteiger partial charge in [-0.2, -0.15) is 4.98 Å². The van der Waals surface area contributed by atoms with E-state index >= 15 is 0 Å². The fourth-order valence-corrected chi connectivity index (χ4v) is 4.57. The molecule has 9 nitrogen and oxygen atoms in total. The number of alkyl halides is 1. The molecule has 3 aromatic rings. The highest BCUT2D eigenvalue weighted by Crippen LogP contribution is 2.35. The number of pyridine rings is 1. The molecule has 2 aromatic heterocycles. The third kappa shape index (κ3) is 5.21. The maximum atomic E-state index is 14.7. The van der Waals surface area contributed by atoms with Crippen LogP contribution in [-0.2, 0) is 11.8 Å². The number of rotatable bonds is 6. The molecular weight excluding hydrogens is 507 g/mol. The Morgan fingerprint density at radius 3 is 2.55 bits per heavy atom. The number of carbonyl (C=O) groups is 1. The third-order valence-electron chi connectivity index (χ3n) is 6.83. The van der Waals surface area contributed by atoms with Gasteiger partial charge >= 0.3 is 0 Å². The number of anilines is 3. The van der Waals surface area contributed by atoms with Crippen molar-refractivity contribution in [3.05, 3.63) is 45.8 Å². The summed E-state index contributed by atoms with van der Waals surface area (Å²) in [6.45, 7) is 4.22. The van der Waals surface area contributed by atoms with Gasteiger partial charge in [-0.1, -0.05) is 25.4 Å². The van der Waals surface area contributed by atoms with E-state index in [0.29, 0.717) is 41.4 Å². The molecule has 192 valence electrons. The van der Waals surface area contributed by atoms with Gasteiger partial charge in [-0.15, -0.1) is 0 Å². The quantitative estimate of drug-likeness (QED) is 0.467. The van der Waals surface area contributed by atoms with Crippen molar-refractivity contribution < 1.29 is 13.9 Å². The minimum absolute atomic E-state index is 0.203. The maximum Gasteiger partial charge on any atom is 0.293 e. The first-order valence-electron chi connectivity index (χ1n) is 11.9. The molecule has 1 aliphatic rings. The zero-order valence-corrected chi connectivity index (χ0v) is 22.2. The maximum absolute atomic E-state index is 14.7. The number of ether oxygens (including phenoxy) is 1. The van der Waals surface area contributed by atoms with Gasteiger partial charge in [0.05, 0.1) is 17.3 Å². The summed E-state index contributed by atoms with van der Waals surface area (Å²) in [6, 6.07) is 6.66. The number of nitrogens with zero attached hydrogens (tertiary/aromatic N) is 4. The summed E-state index contributed by atoms with van der Waals surface area (Å²) < 4.78 is 21.5. The molecule has 1 saturated heterocycles. The largest absolute Gasteiger partial charge is 0.492 e. The first-order valence-corrected chi connectivity index (χ1v) is 12.3. The van der Waals surface area contributed by atoms with Crippen molar-refractivity contribution in [2.45, 2.75) is 24.8 Å². The van der Waals surface area contributed by atoms with Gasteiger partial charge in [0, 0.05) is 38.3 Å². The highest BCUT2D eigenvalue weighted by Gasteiger charge is 2.42. The lowest BCUT2D eigenvalue weighted by molar-refractivity contribution is -0.126. The molecule has 0 saturated carbocycles. The van der Waals surface area contributed by atoms with Gasteiger partial charge in [-0.3, -0.25) is 14.0 Å². The molecule has 1 aromatic carbocycles. The number of likely N-dealkylation sites (N-methyl/N-ethyl adjacent to an activating group) is 1. The summed E-state index contributed by atoms with van der Waals surface area (Å²) >= 11 is 6.38. The zero-order valence-electron chi connectivity index (χ0n) is 21.5. The predicted molar refractivity (Wildman–Crippen MR) is 149 cm³/mol. The Morgan fingerprint density at radius 1 is 1.26 bits per heavy atom. The van der Waals surface area contributed by atoms with Crippen molar-refractivity contribution in [2.24, 2.45) is 18.9 Å². The fourth-order valence-electron chi connectivity index (χ4n) is 4.43. The summed E-state index contributed by atoms with van der Waals surface area (Å²) in [5, 5.41) is 4.07.